The van der Waals surface area contributed by atoms with Crippen LogP contribution in [0.4, 0.5) is 9.59 Å². The van der Waals surface area contributed by atoms with Gasteiger partial charge in [0.15, 0.2) is 0 Å². The van der Waals surface area contributed by atoms with E-state index in [9.17, 15) is 14.2 Å². The van der Waals surface area contributed by atoms with Crippen LogP contribution in [-0.4, -0.2) is 46.5 Å². The van der Waals surface area contributed by atoms with Gasteiger partial charge in [-0.05, 0) is 48.5 Å². The number of aromatic nitrogens is 1. The molecule has 0 aromatic carbocycles. The van der Waals surface area contributed by atoms with Gasteiger partial charge < -0.3 is 14.0 Å². The number of hydrogen-bond acceptors (Lipinski definition) is 8. The summed E-state index contributed by atoms with van der Waals surface area (Å²) in [5.74, 6) is 0. The molecule has 0 aliphatic heterocycles. The van der Waals surface area contributed by atoms with Crippen molar-refractivity contribution in [2.24, 2.45) is 0 Å². The summed E-state index contributed by atoms with van der Waals surface area (Å²) in [5, 5.41) is 2.25. The quantitative estimate of drug-likeness (QED) is 0.564. The van der Waals surface area contributed by atoms with Crippen molar-refractivity contribution in [3.8, 4) is 0 Å². The number of amides is 2. The molecule has 2 amide bonds. The number of imide groups is 1. The molecule has 8 nitrogen and oxygen atoms in total. The topological polar surface area (TPSA) is 95.0 Å². The number of nitrogens with zero attached hydrogens (tertiary/aromatic N) is 2. The minimum absolute atomic E-state index is 0.100. The van der Waals surface area contributed by atoms with Gasteiger partial charge in [-0.1, -0.05) is 0 Å². The molecule has 0 radical (unpaired) electrons. The lowest BCUT2D eigenvalue weighted by Crippen LogP contribution is -2.43. The molecule has 1 atom stereocenters. The third-order valence-corrected chi connectivity index (χ3v) is 5.56. The molecule has 0 fully saturated rings. The highest BCUT2D eigenvalue weighted by atomic mass is 32.1. The fourth-order valence-corrected chi connectivity index (χ4v) is 4.37. The van der Waals surface area contributed by atoms with Crippen molar-refractivity contribution in [3.63, 3.8) is 0 Å². The second kappa shape index (κ2) is 9.37. The summed E-state index contributed by atoms with van der Waals surface area (Å²) in [6.07, 6.45) is -1.43. The van der Waals surface area contributed by atoms with E-state index in [-0.39, 0.29) is 12.7 Å². The summed E-state index contributed by atoms with van der Waals surface area (Å²) in [6, 6.07) is 0. The van der Waals surface area contributed by atoms with E-state index in [1.165, 1.54) is 11.3 Å². The molecule has 0 aliphatic carbocycles. The number of rotatable bonds is 6. The van der Waals surface area contributed by atoms with Crippen molar-refractivity contribution in [1.29, 1.82) is 0 Å². The van der Waals surface area contributed by atoms with Crippen LogP contribution in [0, 0.1) is 0 Å². The van der Waals surface area contributed by atoms with Crippen LogP contribution in [0.1, 0.15) is 59.2 Å². The zero-order valence-electron chi connectivity index (χ0n) is 17.9. The molecular formula is C18H31N2O6PS. The van der Waals surface area contributed by atoms with Crippen LogP contribution < -0.4 is 0 Å². The van der Waals surface area contributed by atoms with E-state index < -0.39 is 30.8 Å². The Hall–Kier alpha value is -1.44. The molecule has 28 heavy (non-hydrogen) atoms. The maximum atomic E-state index is 12.5. The zero-order chi connectivity index (χ0) is 21.8. The second-order valence-corrected chi connectivity index (χ2v) is 11.9. The second-order valence-electron chi connectivity index (χ2n) is 8.37. The van der Waals surface area contributed by atoms with Gasteiger partial charge in [0.25, 0.3) is 0 Å². The molecule has 0 N–H and O–H groups in total. The normalized spacial score (nSPS) is 14.3. The Morgan fingerprint density at radius 3 is 2.04 bits per heavy atom. The van der Waals surface area contributed by atoms with Crippen molar-refractivity contribution in [2.45, 2.75) is 72.4 Å². The van der Waals surface area contributed by atoms with E-state index in [0.29, 0.717) is 17.3 Å². The van der Waals surface area contributed by atoms with Crippen LogP contribution in [0.3, 0.4) is 0 Å². The minimum atomic E-state index is -2.78. The number of carbonyl (C=O) groups is 2. The molecular weight excluding hydrogens is 403 g/mol. The molecule has 0 aliphatic rings. The van der Waals surface area contributed by atoms with E-state index >= 15 is 0 Å². The molecule has 1 aromatic rings. The van der Waals surface area contributed by atoms with Gasteiger partial charge in [-0.2, -0.15) is 0 Å². The van der Waals surface area contributed by atoms with Crippen molar-refractivity contribution in [1.82, 2.24) is 9.88 Å². The molecule has 0 spiro atoms. The zero-order valence-corrected chi connectivity index (χ0v) is 19.6. The molecule has 0 saturated carbocycles. The molecule has 0 bridgehead atoms. The third-order valence-electron chi connectivity index (χ3n) is 2.97. The van der Waals surface area contributed by atoms with Crippen LogP contribution in [0.25, 0.3) is 0 Å². The van der Waals surface area contributed by atoms with Gasteiger partial charge in [-0.3, -0.25) is 4.57 Å². The molecule has 10 heteroatoms. The van der Waals surface area contributed by atoms with Gasteiger partial charge >= 0.3 is 12.2 Å². The van der Waals surface area contributed by atoms with Crippen LogP contribution in [0.5, 0.6) is 0 Å². The lowest BCUT2D eigenvalue weighted by atomic mass is 10.2. The summed E-state index contributed by atoms with van der Waals surface area (Å²) >= 11 is 1.26. The first-order valence-electron chi connectivity index (χ1n) is 9.00. The molecule has 0 saturated heterocycles. The highest BCUT2D eigenvalue weighted by Crippen LogP contribution is 2.46. The third kappa shape index (κ3) is 9.17. The Kier molecular flexibility index (Phi) is 8.23. The van der Waals surface area contributed by atoms with Gasteiger partial charge in [-0.25, -0.2) is 19.5 Å². The van der Waals surface area contributed by atoms with E-state index in [4.69, 9.17) is 14.0 Å². The fraction of sp³-hybridized carbons (Fsp3) is 0.722. The summed E-state index contributed by atoms with van der Waals surface area (Å²) in [6.45, 7) is 13.9. The first kappa shape index (κ1) is 24.6. The molecule has 1 aromatic heterocycles. The molecule has 1 heterocycles. The lowest BCUT2D eigenvalue weighted by Gasteiger charge is -2.28. The highest BCUT2D eigenvalue weighted by Gasteiger charge is 2.32. The average molecular weight is 434 g/mol. The summed E-state index contributed by atoms with van der Waals surface area (Å²) < 4.78 is 28.3. The van der Waals surface area contributed by atoms with Gasteiger partial charge in [0.2, 0.25) is 7.37 Å². The van der Waals surface area contributed by atoms with E-state index in [2.05, 4.69) is 4.98 Å². The number of thiazole rings is 1. The predicted octanol–water partition coefficient (Wildman–Crippen LogP) is 5.26. The van der Waals surface area contributed by atoms with Crippen molar-refractivity contribution in [2.75, 3.05) is 13.3 Å². The van der Waals surface area contributed by atoms with Crippen LogP contribution >= 0.6 is 18.7 Å². The Bertz CT molecular complexity index is 707. The van der Waals surface area contributed by atoms with Crippen LogP contribution in [0.15, 0.2) is 5.38 Å². The number of carbonyl (C=O) groups excluding carboxylic acids is 2. The van der Waals surface area contributed by atoms with Gasteiger partial charge in [0, 0.05) is 12.0 Å². The maximum absolute atomic E-state index is 12.5. The molecule has 160 valence electrons. The first-order valence-corrected chi connectivity index (χ1v) is 12.1. The number of hydrogen-bond donors (Lipinski definition) is 0. The summed E-state index contributed by atoms with van der Waals surface area (Å²) in [7, 11) is -2.78. The van der Waals surface area contributed by atoms with Crippen molar-refractivity contribution >= 4 is 30.9 Å². The van der Waals surface area contributed by atoms with Crippen molar-refractivity contribution in [3.05, 3.63) is 16.1 Å². The van der Waals surface area contributed by atoms with Gasteiger partial charge in [0.1, 0.15) is 16.2 Å². The lowest BCUT2D eigenvalue weighted by molar-refractivity contribution is -0.000275. The smallest absolute Gasteiger partial charge is 0.420 e. The number of ether oxygens (including phenoxy) is 2. The summed E-state index contributed by atoms with van der Waals surface area (Å²) in [4.78, 5) is 30.3. The Morgan fingerprint density at radius 1 is 1.11 bits per heavy atom. The van der Waals surface area contributed by atoms with E-state index in [1.54, 1.807) is 60.5 Å². The Balaban J connectivity index is 2.99. The molecule has 1 rings (SSSR count). The fourth-order valence-electron chi connectivity index (χ4n) is 2.08. The van der Waals surface area contributed by atoms with Crippen molar-refractivity contribution < 1.29 is 28.2 Å². The van der Waals surface area contributed by atoms with Crippen LogP contribution in [-0.2, 0) is 31.3 Å². The van der Waals surface area contributed by atoms with Crippen LogP contribution in [0.2, 0.25) is 0 Å². The standard InChI is InChI=1S/C18H31N2O6PS/c1-9-24-27(8,23)11-13-12-28-14(19-13)10-20(15(21)25-17(2,3)4)16(22)26-18(5,6)7/h12H,9-11H2,1-8H3. The predicted molar refractivity (Wildman–Crippen MR) is 109 cm³/mol. The summed E-state index contributed by atoms with van der Waals surface area (Å²) in [5.41, 5.74) is -0.942. The average Bonchev–Trinajstić information content (AvgIpc) is 2.87. The molecule has 1 unspecified atom stereocenters. The van der Waals surface area contributed by atoms with Gasteiger partial charge in [-0.15, -0.1) is 11.3 Å². The van der Waals surface area contributed by atoms with E-state index in [1.807, 2.05) is 0 Å². The van der Waals surface area contributed by atoms with Gasteiger partial charge in [0.05, 0.1) is 25.0 Å². The van der Waals surface area contributed by atoms with E-state index in [0.717, 1.165) is 4.90 Å². The Morgan fingerprint density at radius 2 is 1.61 bits per heavy atom. The first-order chi connectivity index (χ1) is 12.6. The maximum Gasteiger partial charge on any atom is 0.420 e. The minimum Gasteiger partial charge on any atom is -0.443 e. The largest absolute Gasteiger partial charge is 0.443 e. The SMILES string of the molecule is CCOP(C)(=O)Cc1csc(CN(C(=O)OC(C)(C)C)C(=O)OC(C)(C)C)n1. The Labute approximate surface area is 171 Å². The monoisotopic (exact) mass is 434 g/mol. The highest BCUT2D eigenvalue weighted by molar-refractivity contribution is 7.57.